The molecule has 12 bridgehead atoms. The Balaban J connectivity index is 0.547. The molecule has 10 fully saturated rings. The average Bonchev–Trinajstić information content (AvgIpc) is 1.62. The Morgan fingerprint density at radius 2 is 1.35 bits per heavy atom. The number of nitrogens with zero attached hydrogens (tertiary/aromatic N) is 4. The maximum Gasteiger partial charge on any atom is 0.246 e. The van der Waals surface area contributed by atoms with Crippen LogP contribution in [-0.2, 0) is 111 Å². The molecule has 2 aromatic rings. The largest absolute Gasteiger partial charge is 0.391 e. The maximum absolute atomic E-state index is 14.6. The van der Waals surface area contributed by atoms with E-state index >= 15 is 0 Å². The molecule has 1 spiro atoms. The summed E-state index contributed by atoms with van der Waals surface area (Å²) in [5.74, 6) is -3.87. The number of carbonyl (C=O) groups excluding carboxylic acids is 5. The van der Waals surface area contributed by atoms with E-state index in [4.69, 9.17) is 98.5 Å². The number of H-pyrrole nitrogens is 1. The van der Waals surface area contributed by atoms with Crippen molar-refractivity contribution in [2.45, 2.75) is 246 Å². The topological polar surface area (TPSA) is 396 Å². The molecule has 2 unspecified atom stereocenters. The number of aliphatic hydroxyl groups excluding tert-OH is 1. The minimum atomic E-state index is -1.12. The first-order chi connectivity index (χ1) is 53.8. The molecule has 10 aliphatic heterocycles. The SMILES string of the molecule is C=C1C[C@@H]2CC[C@@]34CC5O[C@H]6[C@@H](O3)[C@H]3O[C@H](CC[C@@H]3O[C@H]6[C@H]5O4)CC(=O)C[C@@H]3[C@@H](OC)[C@@H](C[C@H](O)CNC(=O)CNC(=O)[C@H](CCCCN)NC(=O)[C@@H](NC(=O)COCCOCCOCCOCCOCCOCCOCCOCCn4cc(-c5cnc(=S)[nH]c5)nn4)C(C)C)O[C@H]3C[C@H]3O[C@@H](CCC1O2)C[C@@H](C)C3=C. The van der Waals surface area contributed by atoms with Crippen LogP contribution in [0.4, 0.5) is 0 Å². The molecule has 21 atom stereocenters. The molecule has 0 aromatic carbocycles. The molecule has 33 nitrogen and oxygen atoms in total. The number of aliphatic hydroxyl groups is 1. The van der Waals surface area contributed by atoms with E-state index in [-0.39, 0.29) is 125 Å². The number of ketones is 1. The van der Waals surface area contributed by atoms with Gasteiger partial charge < -0.3 is 118 Å². The van der Waals surface area contributed by atoms with E-state index in [1.807, 2.05) is 6.20 Å². The van der Waals surface area contributed by atoms with Gasteiger partial charge in [-0.25, -0.2) is 9.67 Å². The van der Waals surface area contributed by atoms with E-state index < -0.39 is 96.7 Å². The van der Waals surface area contributed by atoms with Gasteiger partial charge in [0.25, 0.3) is 0 Å². The van der Waals surface area contributed by atoms with Crippen LogP contribution in [-0.4, -0.2) is 307 Å². The van der Waals surface area contributed by atoms with E-state index in [1.54, 1.807) is 38.0 Å². The lowest BCUT2D eigenvalue weighted by atomic mass is 9.81. The lowest BCUT2D eigenvalue weighted by Crippen LogP contribution is -2.61. The van der Waals surface area contributed by atoms with Gasteiger partial charge in [-0.2, -0.15) is 0 Å². The second-order valence-electron chi connectivity index (χ2n) is 30.9. The summed E-state index contributed by atoms with van der Waals surface area (Å²) in [5.41, 5.74) is 9.32. The molecule has 8 N–H and O–H groups in total. The van der Waals surface area contributed by atoms with Crippen LogP contribution in [0, 0.1) is 22.5 Å². The summed E-state index contributed by atoms with van der Waals surface area (Å²) in [6, 6.07) is -2.09. The van der Waals surface area contributed by atoms with Crippen molar-refractivity contribution in [2.24, 2.45) is 23.5 Å². The first-order valence-electron chi connectivity index (χ1n) is 40.1. The zero-order valence-electron chi connectivity index (χ0n) is 64.9. The fraction of sp³-hybridized carbons (Fsp3) is 0.805. The minimum Gasteiger partial charge on any atom is -0.391 e. The van der Waals surface area contributed by atoms with Gasteiger partial charge in [-0.3, -0.25) is 24.0 Å². The number of carbonyl (C=O) groups is 5. The third-order valence-corrected chi connectivity index (χ3v) is 22.5. The zero-order chi connectivity index (χ0) is 78.2. The monoisotopic (exact) mass is 1580 g/mol. The number of unbranched alkanes of at least 4 members (excludes halogenated alkanes) is 1. The Morgan fingerprint density at radius 1 is 0.703 bits per heavy atom. The highest BCUT2D eigenvalue weighted by Crippen LogP contribution is 2.55. The number of hydrogen-bond acceptors (Lipinski definition) is 28. The minimum absolute atomic E-state index is 0.0107. The van der Waals surface area contributed by atoms with E-state index in [9.17, 15) is 29.1 Å². The molecule has 12 rings (SSSR count). The van der Waals surface area contributed by atoms with Gasteiger partial charge in [-0.1, -0.05) is 39.1 Å². The third kappa shape index (κ3) is 25.1. The Labute approximate surface area is 655 Å². The van der Waals surface area contributed by atoms with E-state index in [0.29, 0.717) is 154 Å². The number of fused-ring (bicyclic) bond motifs is 6. The smallest absolute Gasteiger partial charge is 0.246 e. The van der Waals surface area contributed by atoms with Crippen molar-refractivity contribution >= 4 is 41.6 Å². The second kappa shape index (κ2) is 43.6. The second-order valence-corrected chi connectivity index (χ2v) is 31.2. The van der Waals surface area contributed by atoms with Crippen molar-refractivity contribution in [3.05, 3.63) is 47.7 Å². The highest BCUT2D eigenvalue weighted by molar-refractivity contribution is 7.71. The van der Waals surface area contributed by atoms with E-state index in [0.717, 1.165) is 48.8 Å². The molecule has 12 heterocycles. The van der Waals surface area contributed by atoms with Crippen molar-refractivity contribution in [3.8, 4) is 11.3 Å². The zero-order valence-corrected chi connectivity index (χ0v) is 65.7. The highest BCUT2D eigenvalue weighted by Gasteiger charge is 2.69. The Morgan fingerprint density at radius 3 is 2.03 bits per heavy atom. The predicted molar refractivity (Wildman–Crippen MR) is 400 cm³/mol. The molecule has 34 heteroatoms. The van der Waals surface area contributed by atoms with Crippen molar-refractivity contribution in [1.82, 2.24) is 46.2 Å². The Kier molecular flexibility index (Phi) is 34.0. The highest BCUT2D eigenvalue weighted by atomic mass is 32.1. The van der Waals surface area contributed by atoms with Crippen molar-refractivity contribution in [1.29, 1.82) is 0 Å². The van der Waals surface area contributed by atoms with Gasteiger partial charge in [0.2, 0.25) is 23.6 Å². The summed E-state index contributed by atoms with van der Waals surface area (Å²) in [6.07, 6.45) is 7.57. The molecule has 2 aromatic heterocycles. The van der Waals surface area contributed by atoms with Crippen LogP contribution in [0.25, 0.3) is 11.3 Å². The quantitative estimate of drug-likeness (QED) is 0.0285. The standard InChI is InChI=1S/C77H120N10O23S/c1-46(2)67(84-66(91)45-102-32-31-101-30-29-100-28-27-99-26-25-98-24-23-97-22-21-96-20-19-95-18-17-87-44-58(85-86-87)50-40-81-76(111)82-41-50)75(93)83-57(9-7-8-16-78)74(92)80-43-65(90)79-42-52(89)37-63-68(94-6)56-36-51(88)35-54-11-13-60-69(105-54)73-72-71(107-60)70-64(108-72)39-77(109-70,110-73)15-14-55-34-48(4)59(103-55)12-10-53-33-47(3)49(5)61(104-53)38-62(56)106-63/h40-41,44,46-47,52-57,59-64,67-73,89H,4-5,7-39,42-43,45,78H2,1-3,6H3,(H,79,90)(H,80,92)(H,83,93)(H,84,91)(H,81,82,111)/t47-,52+,53+,54-,55+,56+,57+,59?,60+,61-,62+,63-,64?,67+,68-,69+,70+,71+,72-,73+,77+/m1/s1. The van der Waals surface area contributed by atoms with Gasteiger partial charge in [-0.05, 0) is 106 Å². The number of aromatic amines is 1. The lowest BCUT2D eigenvalue weighted by Gasteiger charge is -2.47. The van der Waals surface area contributed by atoms with Crippen LogP contribution in [0.1, 0.15) is 124 Å². The lowest BCUT2D eigenvalue weighted by molar-refractivity contribution is -0.292. The van der Waals surface area contributed by atoms with Crippen LogP contribution >= 0.6 is 12.2 Å². The predicted octanol–water partition coefficient (Wildman–Crippen LogP) is 3.01. The molecule has 111 heavy (non-hydrogen) atoms. The fourth-order valence-electron chi connectivity index (χ4n) is 16.5. The Hall–Kier alpha value is -5.29. The molecular weight excluding hydrogens is 1460 g/mol. The van der Waals surface area contributed by atoms with Crippen molar-refractivity contribution in [3.63, 3.8) is 0 Å². The molecule has 0 saturated carbocycles. The fourth-order valence-corrected chi connectivity index (χ4v) is 16.6. The number of amides is 4. The number of methoxy groups -OCH3 is 1. The van der Waals surface area contributed by atoms with E-state index in [2.05, 4.69) is 61.6 Å². The number of hydrogen-bond donors (Lipinski definition) is 7. The molecule has 0 radical (unpaired) electrons. The van der Waals surface area contributed by atoms with Crippen LogP contribution in [0.15, 0.2) is 42.9 Å². The number of nitrogens with one attached hydrogen (secondary N) is 5. The summed E-state index contributed by atoms with van der Waals surface area (Å²) >= 11 is 4.98. The number of rotatable bonds is 43. The number of Topliss-reactive ketones (excluding diaryl/α,β-unsaturated/α-hetero) is 1. The van der Waals surface area contributed by atoms with Gasteiger partial charge in [0.1, 0.15) is 60.7 Å². The van der Waals surface area contributed by atoms with Crippen LogP contribution in [0.3, 0.4) is 0 Å². The average molecular weight is 1590 g/mol. The summed E-state index contributed by atoms with van der Waals surface area (Å²) in [4.78, 5) is 75.6. The first-order valence-corrected chi connectivity index (χ1v) is 40.5. The van der Waals surface area contributed by atoms with Gasteiger partial charge >= 0.3 is 0 Å². The van der Waals surface area contributed by atoms with Crippen molar-refractivity contribution < 1.29 is 110 Å². The molecule has 10 aliphatic rings. The van der Waals surface area contributed by atoms with Gasteiger partial charge in [0, 0.05) is 76.1 Å². The molecule has 10 saturated heterocycles. The number of aromatic nitrogens is 5. The summed E-state index contributed by atoms with van der Waals surface area (Å²) in [6.45, 7) is 20.2. The molecule has 622 valence electrons. The number of ether oxygens (including phenoxy) is 17. The van der Waals surface area contributed by atoms with Crippen LogP contribution in [0.2, 0.25) is 0 Å². The third-order valence-electron chi connectivity index (χ3n) is 22.3. The van der Waals surface area contributed by atoms with Crippen LogP contribution in [0.5, 0.6) is 0 Å². The molecular formula is C77H120N10O23S. The molecule has 0 aliphatic carbocycles. The van der Waals surface area contributed by atoms with Gasteiger partial charge in [-0.15, -0.1) is 5.10 Å². The van der Waals surface area contributed by atoms with Gasteiger partial charge in [0.15, 0.2) is 10.6 Å². The summed E-state index contributed by atoms with van der Waals surface area (Å²) < 4.78 is 108. The first kappa shape index (κ1) is 86.6. The van der Waals surface area contributed by atoms with Gasteiger partial charge in [0.05, 0.1) is 186 Å². The summed E-state index contributed by atoms with van der Waals surface area (Å²) in [7, 11) is 1.58. The van der Waals surface area contributed by atoms with Crippen molar-refractivity contribution in [2.75, 3.05) is 132 Å². The maximum atomic E-state index is 14.6. The normalized spacial score (nSPS) is 31.2. The summed E-state index contributed by atoms with van der Waals surface area (Å²) in [5, 5.41) is 30.7. The number of nitrogens with two attached hydrogens (primary N) is 1. The van der Waals surface area contributed by atoms with Crippen LogP contribution < -0.4 is 27.0 Å². The Bertz CT molecular complexity index is 3340. The molecule has 4 amide bonds. The van der Waals surface area contributed by atoms with E-state index in [1.165, 1.54) is 0 Å².